The van der Waals surface area contributed by atoms with Crippen LogP contribution in [0.3, 0.4) is 0 Å². The molecule has 3 N–H and O–H groups in total. The number of nitrogens with zero attached hydrogens (tertiary/aromatic N) is 2. The molecule has 1 saturated carbocycles. The Balaban J connectivity index is 1.63. The summed E-state index contributed by atoms with van der Waals surface area (Å²) in [5.41, 5.74) is 7.30. The lowest BCUT2D eigenvalue weighted by Crippen LogP contribution is -1.99. The molecule has 0 heterocycles. The van der Waals surface area contributed by atoms with Gasteiger partial charge in [-0.3, -0.25) is 9.98 Å². The number of rotatable bonds is 7. The van der Waals surface area contributed by atoms with E-state index in [2.05, 4.69) is 46.6 Å². The van der Waals surface area contributed by atoms with Crippen molar-refractivity contribution in [2.24, 2.45) is 27.1 Å². The van der Waals surface area contributed by atoms with Crippen molar-refractivity contribution in [2.45, 2.75) is 19.8 Å². The zero-order valence-electron chi connectivity index (χ0n) is 17.2. The lowest BCUT2D eigenvalue weighted by Gasteiger charge is -2.13. The lowest BCUT2D eigenvalue weighted by molar-refractivity contribution is 0.592. The van der Waals surface area contributed by atoms with E-state index in [4.69, 9.17) is 5.73 Å². The third kappa shape index (κ3) is 4.48. The summed E-state index contributed by atoms with van der Waals surface area (Å²) in [6, 6.07) is 7.59. The van der Waals surface area contributed by atoms with Crippen molar-refractivity contribution in [3.63, 3.8) is 0 Å². The molecule has 2 aromatic rings. The number of aliphatic imine (C=N–C) groups is 2. The molecule has 2 aliphatic rings. The molecule has 160 valence electrons. The molecule has 0 amide bonds. The van der Waals surface area contributed by atoms with Crippen molar-refractivity contribution < 1.29 is 8.78 Å². The van der Waals surface area contributed by atoms with Gasteiger partial charge in [0.15, 0.2) is 5.82 Å². The largest absolute Gasteiger partial charge is 0.323 e. The van der Waals surface area contributed by atoms with E-state index in [0.717, 1.165) is 11.3 Å². The standard InChI is InChI=1S/C24H24F2N4S/c1-24-11-17(24)4-3-5-18(12-24)31-30-21-9-7-19(25)22(23(21)26)15-6-8-20(28-2)16(10-15)13-29-14-27/h3,5-10,12-13,17,30H,2,4,11,14,27H2,1H3/b29-13-. The van der Waals surface area contributed by atoms with E-state index in [0.29, 0.717) is 22.7 Å². The van der Waals surface area contributed by atoms with Gasteiger partial charge >= 0.3 is 0 Å². The van der Waals surface area contributed by atoms with E-state index in [1.807, 2.05) is 0 Å². The first kappa shape index (κ1) is 21.5. The summed E-state index contributed by atoms with van der Waals surface area (Å²) < 4.78 is 33.0. The van der Waals surface area contributed by atoms with Crippen LogP contribution in [-0.2, 0) is 0 Å². The monoisotopic (exact) mass is 438 g/mol. The van der Waals surface area contributed by atoms with Gasteiger partial charge in [-0.25, -0.2) is 8.78 Å². The van der Waals surface area contributed by atoms with Gasteiger partial charge in [0, 0.05) is 16.7 Å². The highest BCUT2D eigenvalue weighted by Crippen LogP contribution is 2.57. The SMILES string of the molecule is C=Nc1ccc(-c2c(F)ccc(NSC3=CC4(C)CC4CC=C3)c2F)cc1/C=N\CN. The van der Waals surface area contributed by atoms with Crippen molar-refractivity contribution in [3.05, 3.63) is 70.7 Å². The van der Waals surface area contributed by atoms with Crippen LogP contribution in [0.5, 0.6) is 0 Å². The third-order valence-electron chi connectivity index (χ3n) is 5.83. The second kappa shape index (κ2) is 8.77. The van der Waals surface area contributed by atoms with E-state index in [1.165, 1.54) is 36.7 Å². The number of benzene rings is 2. The predicted octanol–water partition coefficient (Wildman–Crippen LogP) is 6.23. The quantitative estimate of drug-likeness (QED) is 0.398. The van der Waals surface area contributed by atoms with Crippen LogP contribution in [0.25, 0.3) is 11.1 Å². The van der Waals surface area contributed by atoms with Crippen molar-refractivity contribution >= 4 is 36.3 Å². The Morgan fingerprint density at radius 2 is 2.16 bits per heavy atom. The number of nitrogens with two attached hydrogens (primary N) is 1. The first-order valence-electron chi connectivity index (χ1n) is 10.1. The number of allylic oxidation sites excluding steroid dienone is 3. The molecular formula is C24H24F2N4S. The van der Waals surface area contributed by atoms with Crippen LogP contribution in [-0.4, -0.2) is 19.6 Å². The Hall–Kier alpha value is -2.77. The van der Waals surface area contributed by atoms with Crippen LogP contribution in [0.2, 0.25) is 0 Å². The molecule has 7 heteroatoms. The number of anilines is 1. The Morgan fingerprint density at radius 3 is 2.94 bits per heavy atom. The highest BCUT2D eigenvalue weighted by atomic mass is 32.2. The van der Waals surface area contributed by atoms with Gasteiger partial charge in [0.1, 0.15) is 5.82 Å². The molecule has 0 spiro atoms. The molecule has 1 fully saturated rings. The zero-order valence-corrected chi connectivity index (χ0v) is 18.1. The smallest absolute Gasteiger partial charge is 0.157 e. The fourth-order valence-electron chi connectivity index (χ4n) is 3.90. The van der Waals surface area contributed by atoms with Gasteiger partial charge in [-0.1, -0.05) is 31.2 Å². The maximum Gasteiger partial charge on any atom is 0.157 e. The molecule has 2 unspecified atom stereocenters. The molecule has 2 aromatic carbocycles. The number of hydrogen-bond donors (Lipinski definition) is 2. The van der Waals surface area contributed by atoms with E-state index >= 15 is 4.39 Å². The first-order valence-corrected chi connectivity index (χ1v) is 10.9. The van der Waals surface area contributed by atoms with Gasteiger partial charge < -0.3 is 10.5 Å². The normalized spacial score (nSPS) is 22.1. The summed E-state index contributed by atoms with van der Waals surface area (Å²) in [4.78, 5) is 8.96. The molecule has 31 heavy (non-hydrogen) atoms. The zero-order chi connectivity index (χ0) is 22.0. The van der Waals surface area contributed by atoms with Crippen LogP contribution in [0.15, 0.2) is 63.4 Å². The second-order valence-corrected chi connectivity index (χ2v) is 8.89. The van der Waals surface area contributed by atoms with Gasteiger partial charge in [0.2, 0.25) is 0 Å². The molecule has 4 rings (SSSR count). The third-order valence-corrected chi connectivity index (χ3v) is 6.64. The predicted molar refractivity (Wildman–Crippen MR) is 127 cm³/mol. The first-order chi connectivity index (χ1) is 14.9. The molecule has 4 nitrogen and oxygen atoms in total. The number of fused-ring (bicyclic) bond motifs is 1. The average Bonchev–Trinajstić information content (AvgIpc) is 3.42. The van der Waals surface area contributed by atoms with E-state index in [9.17, 15) is 4.39 Å². The molecule has 0 bridgehead atoms. The highest BCUT2D eigenvalue weighted by Gasteiger charge is 2.47. The molecule has 2 atom stereocenters. The molecular weight excluding hydrogens is 414 g/mol. The number of nitrogens with one attached hydrogen (secondary N) is 1. The fraction of sp³-hybridized carbons (Fsp3) is 0.250. The topological polar surface area (TPSA) is 62.8 Å². The summed E-state index contributed by atoms with van der Waals surface area (Å²) in [6.45, 7) is 5.87. The van der Waals surface area contributed by atoms with Crippen LogP contribution in [0, 0.1) is 23.0 Å². The van der Waals surface area contributed by atoms with Crippen molar-refractivity contribution in [1.29, 1.82) is 0 Å². The Morgan fingerprint density at radius 1 is 1.32 bits per heavy atom. The fourth-order valence-corrected chi connectivity index (χ4v) is 4.78. The Bertz CT molecular complexity index is 1110. The summed E-state index contributed by atoms with van der Waals surface area (Å²) in [6.07, 6.45) is 10.2. The maximum atomic E-state index is 15.3. The summed E-state index contributed by atoms with van der Waals surface area (Å²) in [5, 5.41) is 0. The van der Waals surface area contributed by atoms with Crippen molar-refractivity contribution in [1.82, 2.24) is 0 Å². The number of halogens is 2. The Kier molecular flexibility index (Phi) is 6.07. The van der Waals surface area contributed by atoms with Gasteiger partial charge in [0.05, 0.1) is 23.6 Å². The lowest BCUT2D eigenvalue weighted by atomic mass is 10.0. The van der Waals surface area contributed by atoms with Gasteiger partial charge in [-0.2, -0.15) is 0 Å². The van der Waals surface area contributed by atoms with Gasteiger partial charge in [-0.05, 0) is 72.7 Å². The van der Waals surface area contributed by atoms with E-state index < -0.39 is 11.6 Å². The van der Waals surface area contributed by atoms with Crippen LogP contribution < -0.4 is 10.5 Å². The summed E-state index contributed by atoms with van der Waals surface area (Å²) in [7, 11) is 0. The second-order valence-electron chi connectivity index (χ2n) is 8.01. The van der Waals surface area contributed by atoms with Crippen molar-refractivity contribution in [2.75, 3.05) is 11.4 Å². The summed E-state index contributed by atoms with van der Waals surface area (Å²) in [5.74, 6) is -0.598. The molecule has 2 aliphatic carbocycles. The van der Waals surface area contributed by atoms with Crippen molar-refractivity contribution in [3.8, 4) is 11.1 Å². The Labute approximate surface area is 185 Å². The molecule has 0 aromatic heterocycles. The average molecular weight is 439 g/mol. The van der Waals surface area contributed by atoms with Crippen LogP contribution >= 0.6 is 11.9 Å². The van der Waals surface area contributed by atoms with E-state index in [-0.39, 0.29) is 23.3 Å². The highest BCUT2D eigenvalue weighted by molar-refractivity contribution is 8.04. The summed E-state index contributed by atoms with van der Waals surface area (Å²) >= 11 is 1.34. The van der Waals surface area contributed by atoms with Gasteiger partial charge in [0.25, 0.3) is 0 Å². The van der Waals surface area contributed by atoms with Crippen LogP contribution in [0.4, 0.5) is 20.2 Å². The number of hydrogen-bond acceptors (Lipinski definition) is 5. The van der Waals surface area contributed by atoms with Crippen LogP contribution in [0.1, 0.15) is 25.3 Å². The molecule has 0 radical (unpaired) electrons. The van der Waals surface area contributed by atoms with E-state index in [1.54, 1.807) is 18.2 Å². The minimum absolute atomic E-state index is 0.101. The molecule has 0 saturated heterocycles. The van der Waals surface area contributed by atoms with Gasteiger partial charge in [-0.15, -0.1) is 0 Å². The maximum absolute atomic E-state index is 15.3. The minimum atomic E-state index is -0.651. The minimum Gasteiger partial charge on any atom is -0.323 e. The molecule has 0 aliphatic heterocycles.